The molecule has 0 saturated carbocycles. The summed E-state index contributed by atoms with van der Waals surface area (Å²) in [7, 11) is 0. The number of hydrogen-bond donors (Lipinski definition) is 1. The van der Waals surface area contributed by atoms with Gasteiger partial charge in [0.25, 0.3) is 0 Å². The first-order valence-corrected chi connectivity index (χ1v) is 8.17. The summed E-state index contributed by atoms with van der Waals surface area (Å²) >= 11 is 0. The Morgan fingerprint density at radius 3 is 2.46 bits per heavy atom. The fourth-order valence-electron chi connectivity index (χ4n) is 2.41. The van der Waals surface area contributed by atoms with Gasteiger partial charge in [-0.05, 0) is 57.9 Å². The van der Waals surface area contributed by atoms with Crippen LogP contribution in [0, 0.1) is 11.3 Å². The average molecular weight is 328 g/mol. The second-order valence-electron chi connectivity index (χ2n) is 6.73. The topological polar surface area (TPSA) is 77.7 Å². The van der Waals surface area contributed by atoms with E-state index in [0.717, 1.165) is 31.6 Å². The van der Waals surface area contributed by atoms with Gasteiger partial charge in [0.1, 0.15) is 12.1 Å². The molecule has 0 spiro atoms. The lowest BCUT2D eigenvalue weighted by Crippen LogP contribution is -2.43. The number of hydrogen-bond acceptors (Lipinski definition) is 4. The Morgan fingerprint density at radius 2 is 1.92 bits per heavy atom. The lowest BCUT2D eigenvalue weighted by atomic mass is 10.2. The molecule has 128 valence electrons. The van der Waals surface area contributed by atoms with E-state index in [1.54, 1.807) is 24.3 Å². The summed E-state index contributed by atoms with van der Waals surface area (Å²) in [5.74, 6) is 0.359. The van der Waals surface area contributed by atoms with Gasteiger partial charge in [-0.25, -0.2) is 4.99 Å². The Kier molecular flexibility index (Phi) is 5.80. The average Bonchev–Trinajstić information content (AvgIpc) is 3.04. The van der Waals surface area contributed by atoms with Crippen molar-refractivity contribution in [2.45, 2.75) is 39.2 Å². The van der Waals surface area contributed by atoms with Crippen LogP contribution in [0.2, 0.25) is 0 Å². The van der Waals surface area contributed by atoms with E-state index in [2.05, 4.69) is 21.3 Å². The van der Waals surface area contributed by atoms with Crippen LogP contribution < -0.4 is 5.32 Å². The van der Waals surface area contributed by atoms with Crippen molar-refractivity contribution in [3.63, 3.8) is 0 Å². The SMILES string of the molecule is CC(C)(C)OC(=O)CNC(=Nc1ccc(C#N)cc1)N1CCCC1. The molecule has 0 amide bonds. The van der Waals surface area contributed by atoms with Gasteiger partial charge in [0, 0.05) is 13.1 Å². The molecule has 1 heterocycles. The highest BCUT2D eigenvalue weighted by molar-refractivity contribution is 5.86. The smallest absolute Gasteiger partial charge is 0.325 e. The van der Waals surface area contributed by atoms with Crippen LogP contribution in [0.4, 0.5) is 5.69 Å². The van der Waals surface area contributed by atoms with E-state index in [1.807, 2.05) is 20.8 Å². The molecule has 1 fully saturated rings. The summed E-state index contributed by atoms with van der Waals surface area (Å²) in [5.41, 5.74) is 0.836. The minimum absolute atomic E-state index is 0.0723. The van der Waals surface area contributed by atoms with Crippen molar-refractivity contribution < 1.29 is 9.53 Å². The molecule has 6 nitrogen and oxygen atoms in total. The van der Waals surface area contributed by atoms with E-state index in [0.29, 0.717) is 11.5 Å². The summed E-state index contributed by atoms with van der Waals surface area (Å²) in [4.78, 5) is 18.6. The molecule has 0 aliphatic carbocycles. The minimum atomic E-state index is -0.503. The molecule has 1 saturated heterocycles. The fourth-order valence-corrected chi connectivity index (χ4v) is 2.41. The van der Waals surface area contributed by atoms with E-state index in [9.17, 15) is 4.79 Å². The van der Waals surface area contributed by atoms with Crippen molar-refractivity contribution in [3.05, 3.63) is 29.8 Å². The lowest BCUT2D eigenvalue weighted by molar-refractivity contribution is -0.153. The number of rotatable bonds is 3. The maximum Gasteiger partial charge on any atom is 0.325 e. The Balaban J connectivity index is 2.08. The third-order valence-electron chi connectivity index (χ3n) is 3.45. The number of esters is 1. The molecule has 0 bridgehead atoms. The summed E-state index contributed by atoms with van der Waals surface area (Å²) in [6.45, 7) is 7.43. The third-order valence-corrected chi connectivity index (χ3v) is 3.45. The predicted molar refractivity (Wildman–Crippen MR) is 92.9 cm³/mol. The number of nitriles is 1. The van der Waals surface area contributed by atoms with Gasteiger partial charge in [-0.15, -0.1) is 0 Å². The molecular formula is C18H24N4O2. The first-order chi connectivity index (χ1) is 11.4. The zero-order valence-electron chi connectivity index (χ0n) is 14.5. The van der Waals surface area contributed by atoms with Crippen molar-refractivity contribution in [2.24, 2.45) is 4.99 Å². The molecule has 6 heteroatoms. The predicted octanol–water partition coefficient (Wildman–Crippen LogP) is 2.57. The van der Waals surface area contributed by atoms with Crippen molar-refractivity contribution in [2.75, 3.05) is 19.6 Å². The molecule has 1 aromatic carbocycles. The number of carbonyl (C=O) groups is 1. The second kappa shape index (κ2) is 7.82. The molecule has 1 aromatic rings. The van der Waals surface area contributed by atoms with Crippen LogP contribution in [0.15, 0.2) is 29.3 Å². The van der Waals surface area contributed by atoms with Gasteiger partial charge in [0.2, 0.25) is 0 Å². The van der Waals surface area contributed by atoms with Crippen LogP contribution in [-0.4, -0.2) is 42.1 Å². The van der Waals surface area contributed by atoms with Gasteiger partial charge in [-0.3, -0.25) is 4.79 Å². The lowest BCUT2D eigenvalue weighted by Gasteiger charge is -2.23. The van der Waals surface area contributed by atoms with Gasteiger partial charge >= 0.3 is 5.97 Å². The number of aliphatic imine (C=N–C) groups is 1. The molecule has 1 aliphatic heterocycles. The van der Waals surface area contributed by atoms with Crippen LogP contribution >= 0.6 is 0 Å². The largest absolute Gasteiger partial charge is 0.459 e. The molecule has 1 aliphatic rings. The van der Waals surface area contributed by atoms with Gasteiger partial charge in [-0.2, -0.15) is 5.26 Å². The Labute approximate surface area is 143 Å². The second-order valence-corrected chi connectivity index (χ2v) is 6.73. The number of ether oxygens (including phenoxy) is 1. The standard InChI is InChI=1S/C18H24N4O2/c1-18(2,3)24-16(23)13-20-17(22-10-4-5-11-22)21-15-8-6-14(12-19)7-9-15/h6-9H,4-5,10-11,13H2,1-3H3,(H,20,21). The number of benzene rings is 1. The Hall–Kier alpha value is -2.55. The quantitative estimate of drug-likeness (QED) is 0.524. The number of guanidine groups is 1. The first-order valence-electron chi connectivity index (χ1n) is 8.17. The molecule has 2 rings (SSSR count). The first kappa shape index (κ1) is 17.8. The Bertz CT molecular complexity index is 632. The highest BCUT2D eigenvalue weighted by atomic mass is 16.6. The van der Waals surface area contributed by atoms with Crippen molar-refractivity contribution >= 4 is 17.6 Å². The van der Waals surface area contributed by atoms with Crippen LogP contribution in [-0.2, 0) is 9.53 Å². The van der Waals surface area contributed by atoms with Crippen LogP contribution in [0.3, 0.4) is 0 Å². The molecule has 0 unspecified atom stereocenters. The van der Waals surface area contributed by atoms with Crippen molar-refractivity contribution in [1.29, 1.82) is 5.26 Å². The van der Waals surface area contributed by atoms with E-state index >= 15 is 0 Å². The molecule has 0 aromatic heterocycles. The molecule has 0 radical (unpaired) electrons. The number of nitrogens with zero attached hydrogens (tertiary/aromatic N) is 3. The van der Waals surface area contributed by atoms with Gasteiger partial charge in [0.05, 0.1) is 17.3 Å². The van der Waals surface area contributed by atoms with Crippen molar-refractivity contribution in [1.82, 2.24) is 10.2 Å². The highest BCUT2D eigenvalue weighted by Crippen LogP contribution is 2.15. The zero-order chi connectivity index (χ0) is 17.6. The molecule has 1 N–H and O–H groups in total. The number of nitrogens with one attached hydrogen (secondary N) is 1. The number of carbonyl (C=O) groups excluding carboxylic acids is 1. The summed E-state index contributed by atoms with van der Waals surface area (Å²) in [5, 5.41) is 12.0. The molecular weight excluding hydrogens is 304 g/mol. The van der Waals surface area contributed by atoms with Crippen LogP contribution in [0.25, 0.3) is 0 Å². The maximum absolute atomic E-state index is 11.9. The van der Waals surface area contributed by atoms with Crippen LogP contribution in [0.5, 0.6) is 0 Å². The van der Waals surface area contributed by atoms with Gasteiger partial charge < -0.3 is 15.0 Å². The van der Waals surface area contributed by atoms with Gasteiger partial charge in [0.15, 0.2) is 5.96 Å². The minimum Gasteiger partial charge on any atom is -0.459 e. The zero-order valence-corrected chi connectivity index (χ0v) is 14.5. The van der Waals surface area contributed by atoms with Crippen molar-refractivity contribution in [3.8, 4) is 6.07 Å². The van der Waals surface area contributed by atoms with E-state index in [1.165, 1.54) is 0 Å². The number of likely N-dealkylation sites (tertiary alicyclic amines) is 1. The molecule has 0 atom stereocenters. The highest BCUT2D eigenvalue weighted by Gasteiger charge is 2.20. The monoisotopic (exact) mass is 328 g/mol. The van der Waals surface area contributed by atoms with Crippen LogP contribution in [0.1, 0.15) is 39.2 Å². The summed E-state index contributed by atoms with van der Waals surface area (Å²) in [6, 6.07) is 9.14. The summed E-state index contributed by atoms with van der Waals surface area (Å²) < 4.78 is 5.32. The Morgan fingerprint density at radius 1 is 1.29 bits per heavy atom. The van der Waals surface area contributed by atoms with E-state index in [4.69, 9.17) is 10.00 Å². The van der Waals surface area contributed by atoms with Gasteiger partial charge in [-0.1, -0.05) is 0 Å². The van der Waals surface area contributed by atoms with E-state index < -0.39 is 5.60 Å². The third kappa shape index (κ3) is 5.58. The summed E-state index contributed by atoms with van der Waals surface area (Å²) in [6.07, 6.45) is 2.22. The maximum atomic E-state index is 11.9. The van der Waals surface area contributed by atoms with E-state index in [-0.39, 0.29) is 12.5 Å². The normalized spacial score (nSPS) is 15.1. The fraction of sp³-hybridized carbons (Fsp3) is 0.500. The molecule has 24 heavy (non-hydrogen) atoms.